The van der Waals surface area contributed by atoms with Crippen molar-refractivity contribution in [3.05, 3.63) is 0 Å². The van der Waals surface area contributed by atoms with E-state index in [4.69, 9.17) is 4.74 Å². The van der Waals surface area contributed by atoms with E-state index >= 15 is 0 Å². The maximum absolute atomic E-state index is 13.3. The van der Waals surface area contributed by atoms with Crippen LogP contribution in [0, 0.1) is 29.6 Å². The minimum atomic E-state index is -4.95. The Morgan fingerprint density at radius 1 is 0.912 bits per heavy atom. The molecule has 4 unspecified atom stereocenters. The first-order valence-electron chi connectivity index (χ1n) is 12.8. The van der Waals surface area contributed by atoms with E-state index in [0.717, 1.165) is 37.3 Å². The van der Waals surface area contributed by atoms with E-state index in [1.54, 1.807) is 0 Å². The SMILES string of the molecule is CCC(C)C(OCC(C)C1CCN(C(=O)C(O)C(F)(F)F)CC1)C(=O)N1CCC(C(C)C)CC1. The van der Waals surface area contributed by atoms with E-state index in [1.807, 2.05) is 25.7 Å². The van der Waals surface area contributed by atoms with Gasteiger partial charge in [-0.3, -0.25) is 9.59 Å². The maximum Gasteiger partial charge on any atom is 0.423 e. The molecule has 2 rings (SSSR count). The average molecular weight is 493 g/mol. The third-order valence-electron chi connectivity index (χ3n) is 7.94. The van der Waals surface area contributed by atoms with E-state index in [1.165, 1.54) is 0 Å². The lowest BCUT2D eigenvalue weighted by Crippen LogP contribution is -2.50. The second-order valence-corrected chi connectivity index (χ2v) is 10.6. The molecule has 0 aromatic rings. The van der Waals surface area contributed by atoms with Gasteiger partial charge in [0, 0.05) is 26.2 Å². The summed E-state index contributed by atoms with van der Waals surface area (Å²) in [5.41, 5.74) is 0. The van der Waals surface area contributed by atoms with Gasteiger partial charge in [-0.25, -0.2) is 0 Å². The van der Waals surface area contributed by atoms with E-state index in [2.05, 4.69) is 13.8 Å². The topological polar surface area (TPSA) is 70.1 Å². The van der Waals surface area contributed by atoms with Gasteiger partial charge in [-0.15, -0.1) is 0 Å². The second kappa shape index (κ2) is 12.6. The molecule has 2 amide bonds. The van der Waals surface area contributed by atoms with Crippen LogP contribution in [0.25, 0.3) is 0 Å². The molecule has 0 aromatic heterocycles. The van der Waals surface area contributed by atoms with E-state index in [9.17, 15) is 27.9 Å². The highest BCUT2D eigenvalue weighted by atomic mass is 19.4. The van der Waals surface area contributed by atoms with Gasteiger partial charge in [-0.05, 0) is 55.3 Å². The second-order valence-electron chi connectivity index (χ2n) is 10.6. The van der Waals surface area contributed by atoms with Crippen LogP contribution in [0.15, 0.2) is 0 Å². The van der Waals surface area contributed by atoms with Crippen molar-refractivity contribution >= 4 is 11.8 Å². The summed E-state index contributed by atoms with van der Waals surface area (Å²) in [5.74, 6) is 0.437. The lowest BCUT2D eigenvalue weighted by atomic mass is 9.85. The van der Waals surface area contributed by atoms with Crippen LogP contribution in [-0.4, -0.2) is 77.9 Å². The Balaban J connectivity index is 1.87. The first-order valence-corrected chi connectivity index (χ1v) is 12.8. The Kier molecular flexibility index (Phi) is 10.7. The van der Waals surface area contributed by atoms with Gasteiger partial charge in [0.05, 0.1) is 6.61 Å². The quantitative estimate of drug-likeness (QED) is 0.526. The number of nitrogens with zero attached hydrogens (tertiary/aromatic N) is 2. The lowest BCUT2D eigenvalue weighted by molar-refractivity contribution is -0.211. The summed E-state index contributed by atoms with van der Waals surface area (Å²) < 4.78 is 44.1. The van der Waals surface area contributed by atoms with E-state index in [0.29, 0.717) is 31.3 Å². The number of likely N-dealkylation sites (tertiary alicyclic amines) is 2. The minimum Gasteiger partial charge on any atom is -0.376 e. The molecule has 0 aliphatic carbocycles. The van der Waals surface area contributed by atoms with E-state index < -0.39 is 24.3 Å². The summed E-state index contributed by atoms with van der Waals surface area (Å²) in [6.07, 6.45) is -4.44. The van der Waals surface area contributed by atoms with Gasteiger partial charge < -0.3 is 19.6 Å². The molecule has 6 nitrogen and oxygen atoms in total. The molecule has 2 aliphatic heterocycles. The van der Waals surface area contributed by atoms with Crippen molar-refractivity contribution in [1.29, 1.82) is 0 Å². The van der Waals surface area contributed by atoms with Crippen molar-refractivity contribution in [2.45, 2.75) is 85.1 Å². The maximum atomic E-state index is 13.3. The molecule has 9 heteroatoms. The third-order valence-corrected chi connectivity index (χ3v) is 7.94. The number of aliphatic hydroxyl groups is 1. The molecule has 0 bridgehead atoms. The van der Waals surface area contributed by atoms with E-state index in [-0.39, 0.29) is 36.8 Å². The van der Waals surface area contributed by atoms with Crippen molar-refractivity contribution < 1.29 is 32.6 Å². The molecule has 0 aromatic carbocycles. The van der Waals surface area contributed by atoms with Gasteiger partial charge in [-0.1, -0.05) is 41.0 Å². The number of aliphatic hydroxyl groups excluding tert-OH is 1. The summed E-state index contributed by atoms with van der Waals surface area (Å²) >= 11 is 0. The van der Waals surface area contributed by atoms with Crippen molar-refractivity contribution in [2.24, 2.45) is 29.6 Å². The fourth-order valence-electron chi connectivity index (χ4n) is 5.05. The number of alkyl halides is 3. The Morgan fingerprint density at radius 2 is 1.38 bits per heavy atom. The van der Waals surface area contributed by atoms with Crippen LogP contribution in [0.4, 0.5) is 13.2 Å². The fraction of sp³-hybridized carbons (Fsp3) is 0.920. The number of piperidine rings is 2. The fourth-order valence-corrected chi connectivity index (χ4v) is 5.05. The highest BCUT2D eigenvalue weighted by molar-refractivity contribution is 5.82. The Labute approximate surface area is 202 Å². The van der Waals surface area contributed by atoms with Gasteiger partial charge in [0.15, 0.2) is 0 Å². The number of halogens is 3. The zero-order valence-electron chi connectivity index (χ0n) is 21.3. The van der Waals surface area contributed by atoms with Gasteiger partial charge in [0.2, 0.25) is 6.10 Å². The number of ether oxygens (including phenoxy) is 1. The molecular weight excluding hydrogens is 449 g/mol. The third kappa shape index (κ3) is 7.57. The zero-order chi connectivity index (χ0) is 25.6. The lowest BCUT2D eigenvalue weighted by Gasteiger charge is -2.38. The molecule has 2 saturated heterocycles. The van der Waals surface area contributed by atoms with Crippen LogP contribution in [0.1, 0.15) is 66.7 Å². The van der Waals surface area contributed by atoms with Gasteiger partial charge in [0.25, 0.3) is 11.8 Å². The predicted molar refractivity (Wildman–Crippen MR) is 124 cm³/mol. The van der Waals surface area contributed by atoms with Crippen LogP contribution in [0.3, 0.4) is 0 Å². The molecule has 34 heavy (non-hydrogen) atoms. The Morgan fingerprint density at radius 3 is 1.82 bits per heavy atom. The van der Waals surface area contributed by atoms with Gasteiger partial charge in [-0.2, -0.15) is 13.2 Å². The molecular formula is C25H43F3N2O4. The first kappa shape index (κ1) is 28.9. The average Bonchev–Trinajstić information content (AvgIpc) is 2.82. The van der Waals surface area contributed by atoms with Crippen molar-refractivity contribution in [2.75, 3.05) is 32.8 Å². The largest absolute Gasteiger partial charge is 0.423 e. The van der Waals surface area contributed by atoms with Crippen molar-refractivity contribution in [1.82, 2.24) is 9.80 Å². The molecule has 2 heterocycles. The van der Waals surface area contributed by atoms with Crippen LogP contribution < -0.4 is 0 Å². The summed E-state index contributed by atoms with van der Waals surface area (Å²) in [6.45, 7) is 12.9. The summed E-state index contributed by atoms with van der Waals surface area (Å²) in [6, 6.07) is 0. The van der Waals surface area contributed by atoms with Crippen LogP contribution in [-0.2, 0) is 14.3 Å². The van der Waals surface area contributed by atoms with Gasteiger partial charge in [0.1, 0.15) is 6.10 Å². The smallest absolute Gasteiger partial charge is 0.376 e. The summed E-state index contributed by atoms with van der Waals surface area (Å²) in [7, 11) is 0. The minimum absolute atomic E-state index is 0.0605. The molecule has 1 N–H and O–H groups in total. The zero-order valence-corrected chi connectivity index (χ0v) is 21.3. The normalized spacial score (nSPS) is 22.5. The summed E-state index contributed by atoms with van der Waals surface area (Å²) in [5, 5.41) is 9.23. The number of carbonyl (C=O) groups is 2. The number of carbonyl (C=O) groups excluding carboxylic acids is 2. The molecule has 0 spiro atoms. The van der Waals surface area contributed by atoms with Crippen molar-refractivity contribution in [3.8, 4) is 0 Å². The standard InChI is InChI=1S/C25H43F3N2O4/c1-6-17(4)21(23(32)29-11-7-19(8-12-29)16(2)3)34-15-18(5)20-9-13-30(14-10-20)24(33)22(31)25(26,27)28/h16-22,31H,6-15H2,1-5H3. The van der Waals surface area contributed by atoms with Crippen LogP contribution >= 0.6 is 0 Å². The molecule has 2 fully saturated rings. The molecule has 0 saturated carbocycles. The monoisotopic (exact) mass is 492 g/mol. The Bertz CT molecular complexity index is 657. The number of hydrogen-bond acceptors (Lipinski definition) is 4. The molecule has 4 atom stereocenters. The number of hydrogen-bond donors (Lipinski definition) is 1. The highest BCUT2D eigenvalue weighted by Gasteiger charge is 2.46. The Hall–Kier alpha value is -1.35. The first-order chi connectivity index (χ1) is 15.9. The number of rotatable bonds is 9. The molecule has 198 valence electrons. The predicted octanol–water partition coefficient (Wildman–Crippen LogP) is 4.11. The summed E-state index contributed by atoms with van der Waals surface area (Å²) in [4.78, 5) is 28.2. The van der Waals surface area contributed by atoms with Crippen LogP contribution in [0.5, 0.6) is 0 Å². The van der Waals surface area contributed by atoms with Gasteiger partial charge >= 0.3 is 6.18 Å². The van der Waals surface area contributed by atoms with Crippen LogP contribution in [0.2, 0.25) is 0 Å². The molecule has 2 aliphatic rings. The number of amides is 2. The van der Waals surface area contributed by atoms with Crippen molar-refractivity contribution in [3.63, 3.8) is 0 Å². The highest BCUT2D eigenvalue weighted by Crippen LogP contribution is 2.30. The molecule has 0 radical (unpaired) electrons.